The van der Waals surface area contributed by atoms with Gasteiger partial charge in [0, 0.05) is 23.8 Å². The number of nitrogens with zero attached hydrogens (tertiary/aromatic N) is 2. The summed E-state index contributed by atoms with van der Waals surface area (Å²) in [5, 5.41) is 0. The van der Waals surface area contributed by atoms with Gasteiger partial charge in [0.25, 0.3) is 21.5 Å². The van der Waals surface area contributed by atoms with Gasteiger partial charge in [-0.3, -0.25) is 9.59 Å². The minimum Gasteiger partial charge on any atom is -0.351 e. The number of anilines is 1. The number of H-pyrrole nitrogens is 1. The van der Waals surface area contributed by atoms with Crippen LogP contribution >= 0.6 is 0 Å². The molecule has 1 unspecified atom stereocenters. The smallest absolute Gasteiger partial charge is 0.269 e. The summed E-state index contributed by atoms with van der Waals surface area (Å²) in [4.78, 5) is 33.1. The molecule has 1 saturated heterocycles. The molecule has 184 valence electrons. The van der Waals surface area contributed by atoms with Crippen molar-refractivity contribution in [2.24, 2.45) is 5.92 Å². The summed E-state index contributed by atoms with van der Waals surface area (Å²) in [5.74, 6) is -2.00. The van der Waals surface area contributed by atoms with Crippen LogP contribution in [0.2, 0.25) is 0 Å². The summed E-state index contributed by atoms with van der Waals surface area (Å²) in [7, 11) is -4.49. The Labute approximate surface area is 201 Å². The first-order valence-electron chi connectivity index (χ1n) is 10.9. The number of hydrogen-bond donors (Lipinski definition) is 2. The maximum Gasteiger partial charge on any atom is 0.269 e. The van der Waals surface area contributed by atoms with Crippen molar-refractivity contribution in [1.29, 1.82) is 0 Å². The average Bonchev–Trinajstić information content (AvgIpc) is 3.07. The zero-order valence-corrected chi connectivity index (χ0v) is 20.1. The van der Waals surface area contributed by atoms with Gasteiger partial charge >= 0.3 is 0 Å². The van der Waals surface area contributed by atoms with E-state index in [0.29, 0.717) is 6.54 Å². The molecule has 1 fully saturated rings. The zero-order valence-electron chi connectivity index (χ0n) is 19.3. The van der Waals surface area contributed by atoms with Crippen LogP contribution in [0, 0.1) is 17.6 Å². The number of pyridine rings is 2. The standard InChI is InChI=1S/C24H24F2N4O4S/c1-14-10-12-30(24(14,2)3)21-16(7-9-19(28-21)17-13-15(25)6-8-18(17)26)22(31)29-35(33,34)20-5-4-11-27-23(20)32/h4-9,11,13-14H,10,12H2,1-3H3,(H,27,32)(H,29,31). The van der Waals surface area contributed by atoms with Crippen molar-refractivity contribution in [2.75, 3.05) is 11.4 Å². The Morgan fingerprint density at radius 3 is 2.60 bits per heavy atom. The lowest BCUT2D eigenvalue weighted by Gasteiger charge is -2.36. The van der Waals surface area contributed by atoms with Crippen LogP contribution in [0.3, 0.4) is 0 Å². The molecule has 0 aliphatic carbocycles. The number of hydrogen-bond acceptors (Lipinski definition) is 6. The van der Waals surface area contributed by atoms with Gasteiger partial charge in [0.2, 0.25) is 0 Å². The van der Waals surface area contributed by atoms with Crippen LogP contribution in [0.15, 0.2) is 58.4 Å². The quantitative estimate of drug-likeness (QED) is 0.553. The third-order valence-electron chi connectivity index (χ3n) is 6.57. The molecule has 0 saturated carbocycles. The van der Waals surface area contributed by atoms with Gasteiger partial charge in [0.15, 0.2) is 4.90 Å². The van der Waals surface area contributed by atoms with E-state index in [1.807, 2.05) is 30.4 Å². The minimum atomic E-state index is -4.49. The fourth-order valence-corrected chi connectivity index (χ4v) is 5.16. The SMILES string of the molecule is CC1CCN(c2nc(-c3cc(F)ccc3F)ccc2C(=O)NS(=O)(=O)c2ccc[nH]c2=O)C1(C)C. The first kappa shape index (κ1) is 24.5. The first-order chi connectivity index (χ1) is 16.4. The Morgan fingerprint density at radius 1 is 1.20 bits per heavy atom. The lowest BCUT2D eigenvalue weighted by Crippen LogP contribution is -2.44. The Hall–Kier alpha value is -3.60. The summed E-state index contributed by atoms with van der Waals surface area (Å²) in [6.45, 7) is 6.48. The van der Waals surface area contributed by atoms with E-state index in [-0.39, 0.29) is 28.6 Å². The number of carbonyl (C=O) groups excluding carboxylic acids is 1. The van der Waals surface area contributed by atoms with Gasteiger partial charge in [-0.15, -0.1) is 0 Å². The molecule has 2 N–H and O–H groups in total. The molecule has 3 heterocycles. The van der Waals surface area contributed by atoms with Crippen LogP contribution in [0.5, 0.6) is 0 Å². The average molecular weight is 503 g/mol. The highest BCUT2D eigenvalue weighted by molar-refractivity contribution is 7.90. The molecule has 1 aliphatic heterocycles. The number of sulfonamides is 1. The topological polar surface area (TPSA) is 112 Å². The number of halogens is 2. The second-order valence-corrected chi connectivity index (χ2v) is 10.6. The Bertz CT molecular complexity index is 1470. The van der Waals surface area contributed by atoms with E-state index in [0.717, 1.165) is 30.7 Å². The van der Waals surface area contributed by atoms with E-state index in [4.69, 9.17) is 0 Å². The molecule has 8 nitrogen and oxygen atoms in total. The van der Waals surface area contributed by atoms with E-state index in [9.17, 15) is 26.8 Å². The maximum absolute atomic E-state index is 14.5. The molecule has 1 aromatic carbocycles. The summed E-state index contributed by atoms with van der Waals surface area (Å²) in [6.07, 6.45) is 2.05. The van der Waals surface area contributed by atoms with Gasteiger partial charge in [-0.25, -0.2) is 26.9 Å². The summed E-state index contributed by atoms with van der Waals surface area (Å²) in [6, 6.07) is 8.02. The van der Waals surface area contributed by atoms with Crippen LogP contribution in [0.25, 0.3) is 11.3 Å². The molecular formula is C24H24F2N4O4S. The molecule has 1 aliphatic rings. The predicted octanol–water partition coefficient (Wildman–Crippen LogP) is 3.46. The lowest BCUT2D eigenvalue weighted by atomic mass is 9.90. The molecule has 1 amide bonds. The highest BCUT2D eigenvalue weighted by atomic mass is 32.2. The van der Waals surface area contributed by atoms with Crippen molar-refractivity contribution in [3.63, 3.8) is 0 Å². The van der Waals surface area contributed by atoms with Crippen molar-refractivity contribution in [1.82, 2.24) is 14.7 Å². The normalized spacial score (nSPS) is 17.4. The Kier molecular flexibility index (Phi) is 6.22. The number of amides is 1. The van der Waals surface area contributed by atoms with E-state index >= 15 is 0 Å². The lowest BCUT2D eigenvalue weighted by molar-refractivity contribution is 0.0981. The second-order valence-electron chi connectivity index (χ2n) is 8.98. The van der Waals surface area contributed by atoms with Gasteiger partial charge < -0.3 is 9.88 Å². The highest BCUT2D eigenvalue weighted by Gasteiger charge is 2.41. The minimum absolute atomic E-state index is 0.0799. The zero-order chi connectivity index (χ0) is 25.5. The van der Waals surface area contributed by atoms with Crippen molar-refractivity contribution < 1.29 is 22.0 Å². The maximum atomic E-state index is 14.5. The Morgan fingerprint density at radius 2 is 1.94 bits per heavy atom. The van der Waals surface area contributed by atoms with E-state index in [1.54, 1.807) is 0 Å². The van der Waals surface area contributed by atoms with Crippen LogP contribution in [0.1, 0.15) is 37.6 Å². The number of nitrogens with one attached hydrogen (secondary N) is 2. The van der Waals surface area contributed by atoms with Gasteiger partial charge in [-0.2, -0.15) is 0 Å². The molecule has 0 bridgehead atoms. The monoisotopic (exact) mass is 502 g/mol. The predicted molar refractivity (Wildman–Crippen MR) is 127 cm³/mol. The summed E-state index contributed by atoms with van der Waals surface area (Å²) in [5.41, 5.74) is -1.42. The first-order valence-corrected chi connectivity index (χ1v) is 12.4. The molecule has 1 atom stereocenters. The van der Waals surface area contributed by atoms with Gasteiger partial charge in [-0.1, -0.05) is 6.92 Å². The van der Waals surface area contributed by atoms with Gasteiger partial charge in [0.05, 0.1) is 11.3 Å². The number of aromatic nitrogens is 2. The molecule has 3 aromatic rings. The van der Waals surface area contributed by atoms with Crippen LogP contribution < -0.4 is 15.2 Å². The molecule has 0 radical (unpaired) electrons. The molecule has 11 heteroatoms. The van der Waals surface area contributed by atoms with Gasteiger partial charge in [-0.05, 0) is 68.7 Å². The second kappa shape index (κ2) is 8.88. The molecular weight excluding hydrogens is 478 g/mol. The number of carbonyl (C=O) groups is 1. The van der Waals surface area contributed by atoms with Gasteiger partial charge in [0.1, 0.15) is 17.5 Å². The van der Waals surface area contributed by atoms with Crippen LogP contribution in [-0.4, -0.2) is 36.4 Å². The summed E-state index contributed by atoms with van der Waals surface area (Å²) < 4.78 is 55.7. The van der Waals surface area contributed by atoms with E-state index < -0.39 is 43.6 Å². The molecule has 35 heavy (non-hydrogen) atoms. The molecule has 2 aromatic heterocycles. The van der Waals surface area contributed by atoms with Crippen LogP contribution in [0.4, 0.5) is 14.6 Å². The van der Waals surface area contributed by atoms with Crippen LogP contribution in [-0.2, 0) is 10.0 Å². The van der Waals surface area contributed by atoms with Crippen molar-refractivity contribution in [3.8, 4) is 11.3 Å². The fraction of sp³-hybridized carbons (Fsp3) is 0.292. The van der Waals surface area contributed by atoms with E-state index in [2.05, 4.69) is 9.97 Å². The summed E-state index contributed by atoms with van der Waals surface area (Å²) >= 11 is 0. The highest BCUT2D eigenvalue weighted by Crippen LogP contribution is 2.39. The third-order valence-corrected chi connectivity index (χ3v) is 7.92. The number of aromatic amines is 1. The largest absolute Gasteiger partial charge is 0.351 e. The van der Waals surface area contributed by atoms with E-state index in [1.165, 1.54) is 24.4 Å². The van der Waals surface area contributed by atoms with Crippen molar-refractivity contribution >= 4 is 21.7 Å². The Balaban J connectivity index is 1.82. The number of benzene rings is 1. The molecule has 0 spiro atoms. The molecule has 4 rings (SSSR count). The number of rotatable bonds is 5. The fourth-order valence-electron chi connectivity index (χ4n) is 4.13. The van der Waals surface area contributed by atoms with Crippen molar-refractivity contribution in [3.05, 3.63) is 76.2 Å². The third kappa shape index (κ3) is 4.55. The van der Waals surface area contributed by atoms with Crippen molar-refractivity contribution in [2.45, 2.75) is 37.6 Å².